The van der Waals surface area contributed by atoms with E-state index in [-0.39, 0.29) is 55.9 Å². The fourth-order valence-electron chi connectivity index (χ4n) is 2.64. The van der Waals surface area contributed by atoms with E-state index in [0.717, 1.165) is 0 Å². The van der Waals surface area contributed by atoms with Crippen molar-refractivity contribution in [2.45, 2.75) is 79.1 Å². The minimum Gasteiger partial charge on any atom is -1.00 e. The van der Waals surface area contributed by atoms with Gasteiger partial charge in [0.25, 0.3) is 0 Å². The third kappa shape index (κ3) is 14.6. The van der Waals surface area contributed by atoms with Crippen LogP contribution in [0.2, 0.25) is 0 Å². The minimum absolute atomic E-state index is 0. The third-order valence-electron chi connectivity index (χ3n) is 3.94. The molecule has 0 saturated carbocycles. The van der Waals surface area contributed by atoms with E-state index >= 15 is 0 Å². The van der Waals surface area contributed by atoms with Gasteiger partial charge in [-0.1, -0.05) is 53.4 Å². The van der Waals surface area contributed by atoms with Gasteiger partial charge in [-0.3, -0.25) is 0 Å². The molecule has 0 N–H and O–H groups in total. The van der Waals surface area contributed by atoms with Crippen LogP contribution < -0.4 is 17.0 Å². The Kier molecular flexibility index (Phi) is 30.7. The van der Waals surface area contributed by atoms with Gasteiger partial charge in [-0.25, -0.2) is 0 Å². The molecule has 0 amide bonds. The molecule has 128 valence electrons. The zero-order chi connectivity index (χ0) is 13.0. The predicted molar refractivity (Wildman–Crippen MR) is 79.4 cm³/mol. The number of halogens is 1. The first-order valence-corrected chi connectivity index (χ1v) is 8.09. The zero-order valence-electron chi connectivity index (χ0n) is 14.0. The van der Waals surface area contributed by atoms with Crippen molar-refractivity contribution in [2.75, 3.05) is 26.2 Å². The van der Waals surface area contributed by atoms with E-state index in [1.165, 1.54) is 82.0 Å². The van der Waals surface area contributed by atoms with Gasteiger partial charge >= 0.3 is 0 Å². The Morgan fingerprint density at radius 1 is 0.500 bits per heavy atom. The van der Waals surface area contributed by atoms with Gasteiger partial charge in [0.05, 0.1) is 26.2 Å². The summed E-state index contributed by atoms with van der Waals surface area (Å²) in [6.45, 7) is 15.0. The average molecular weight is 525 g/mol. The van der Waals surface area contributed by atoms with Gasteiger partial charge in [-0.05, 0) is 25.7 Å². The quantitative estimate of drug-likeness (QED) is 0.271. The van der Waals surface area contributed by atoms with E-state index in [9.17, 15) is 0 Å². The van der Waals surface area contributed by atoms with Crippen LogP contribution >= 0.6 is 0 Å². The number of rotatable bonds is 12. The second-order valence-electron chi connectivity index (χ2n) is 5.65. The van der Waals surface area contributed by atoms with Gasteiger partial charge in [0.1, 0.15) is 0 Å². The van der Waals surface area contributed by atoms with Crippen molar-refractivity contribution in [2.24, 2.45) is 0 Å². The Morgan fingerprint density at radius 2 is 0.700 bits per heavy atom. The predicted octanol–water partition coefficient (Wildman–Crippen LogP) is 2.00. The van der Waals surface area contributed by atoms with E-state index in [1.807, 2.05) is 0 Å². The minimum atomic E-state index is 0. The van der Waals surface area contributed by atoms with E-state index in [2.05, 4.69) is 27.7 Å². The summed E-state index contributed by atoms with van der Waals surface area (Å²) in [7, 11) is 0. The molecule has 0 aromatic rings. The van der Waals surface area contributed by atoms with Gasteiger partial charge in [-0.15, -0.1) is 0 Å². The van der Waals surface area contributed by atoms with Gasteiger partial charge in [0.2, 0.25) is 0 Å². The summed E-state index contributed by atoms with van der Waals surface area (Å²) in [5.41, 5.74) is 0. The van der Waals surface area contributed by atoms with Crippen molar-refractivity contribution in [1.82, 2.24) is 0 Å². The van der Waals surface area contributed by atoms with E-state index in [0.29, 0.717) is 0 Å². The van der Waals surface area contributed by atoms with E-state index in [4.69, 9.17) is 0 Å². The number of hydrogen-bond acceptors (Lipinski definition) is 0. The Balaban J connectivity index is -0.000000427. The molecule has 0 bridgehead atoms. The largest absolute Gasteiger partial charge is 1.00 e. The van der Waals surface area contributed by atoms with Crippen molar-refractivity contribution in [3.05, 3.63) is 0 Å². The van der Waals surface area contributed by atoms with Crippen LogP contribution in [0.1, 0.15) is 79.1 Å². The summed E-state index contributed by atoms with van der Waals surface area (Å²) in [6, 6.07) is 0. The van der Waals surface area contributed by atoms with Crippen molar-refractivity contribution in [3.63, 3.8) is 0 Å². The SMILES string of the molecule is CCCC[N+](CCCC)(CCCC)CCCC.[Br-].[Ru].[Ru]. The number of unbranched alkanes of at least 4 members (excludes halogenated alkanes) is 4. The molecule has 0 aliphatic heterocycles. The summed E-state index contributed by atoms with van der Waals surface area (Å²) in [5, 5.41) is 0. The molecule has 0 atom stereocenters. The fraction of sp³-hybridized carbons (Fsp3) is 1.00. The Labute approximate surface area is 164 Å². The van der Waals surface area contributed by atoms with Crippen LogP contribution in [0.5, 0.6) is 0 Å². The van der Waals surface area contributed by atoms with Crippen LogP contribution in [0.15, 0.2) is 0 Å². The summed E-state index contributed by atoms with van der Waals surface area (Å²) in [5.74, 6) is 0. The van der Waals surface area contributed by atoms with Crippen LogP contribution in [-0.2, 0) is 39.0 Å². The van der Waals surface area contributed by atoms with Crippen molar-refractivity contribution in [1.29, 1.82) is 0 Å². The Hall–Kier alpha value is 1.69. The van der Waals surface area contributed by atoms with Gasteiger partial charge in [-0.2, -0.15) is 0 Å². The zero-order valence-corrected chi connectivity index (χ0v) is 19.1. The molecule has 0 heterocycles. The normalized spacial score (nSPS) is 10.2. The molecule has 0 unspecified atom stereocenters. The molecule has 0 spiro atoms. The van der Waals surface area contributed by atoms with Crippen LogP contribution in [0, 0.1) is 0 Å². The molecule has 0 fully saturated rings. The molecule has 4 heteroatoms. The third-order valence-corrected chi connectivity index (χ3v) is 3.94. The maximum Gasteiger partial charge on any atom is 0.0786 e. The van der Waals surface area contributed by atoms with Crippen molar-refractivity contribution < 1.29 is 60.4 Å². The van der Waals surface area contributed by atoms with Crippen LogP contribution in [0.3, 0.4) is 0 Å². The summed E-state index contributed by atoms with van der Waals surface area (Å²) >= 11 is 0. The summed E-state index contributed by atoms with van der Waals surface area (Å²) < 4.78 is 1.42. The number of nitrogens with zero attached hydrogens (tertiary/aromatic N) is 1. The Morgan fingerprint density at radius 3 is 0.850 bits per heavy atom. The monoisotopic (exact) mass is 525 g/mol. The van der Waals surface area contributed by atoms with Crippen LogP contribution in [0.4, 0.5) is 0 Å². The number of hydrogen-bond donors (Lipinski definition) is 0. The smallest absolute Gasteiger partial charge is 0.0786 e. The second-order valence-corrected chi connectivity index (χ2v) is 5.65. The number of quaternary nitrogens is 1. The van der Waals surface area contributed by atoms with Gasteiger partial charge in [0, 0.05) is 39.0 Å². The van der Waals surface area contributed by atoms with Gasteiger partial charge < -0.3 is 21.5 Å². The molecular formula is C16H36BrNRu2. The molecule has 0 saturated heterocycles. The molecule has 0 aromatic carbocycles. The topological polar surface area (TPSA) is 0 Å². The molecule has 0 rings (SSSR count). The summed E-state index contributed by atoms with van der Waals surface area (Å²) in [6.07, 6.45) is 11.1. The van der Waals surface area contributed by atoms with E-state index < -0.39 is 0 Å². The fourth-order valence-corrected chi connectivity index (χ4v) is 2.64. The average Bonchev–Trinajstić information content (AvgIpc) is 2.37. The first-order valence-electron chi connectivity index (χ1n) is 8.09. The molecule has 0 radical (unpaired) electrons. The second kappa shape index (κ2) is 20.7. The molecule has 0 aromatic heterocycles. The maximum absolute atomic E-state index is 2.33. The first kappa shape index (κ1) is 29.7. The molecular weight excluding hydrogens is 488 g/mol. The molecule has 20 heavy (non-hydrogen) atoms. The molecule has 1 nitrogen and oxygen atoms in total. The van der Waals surface area contributed by atoms with Crippen LogP contribution in [0.25, 0.3) is 0 Å². The molecule has 0 aliphatic carbocycles. The Bertz CT molecular complexity index is 131. The standard InChI is InChI=1S/C16H36N.BrH.2Ru/c1-5-9-13-17(14-10-6-2,15-11-7-3)16-12-8-4;;;/h5-16H2,1-4H3;1H;;/q+1;;;/p-1. The van der Waals surface area contributed by atoms with Gasteiger partial charge in [0.15, 0.2) is 0 Å². The summed E-state index contributed by atoms with van der Waals surface area (Å²) in [4.78, 5) is 0. The maximum atomic E-state index is 2.33. The first-order chi connectivity index (χ1) is 8.24. The van der Waals surface area contributed by atoms with Crippen molar-refractivity contribution >= 4 is 0 Å². The van der Waals surface area contributed by atoms with Crippen LogP contribution in [-0.4, -0.2) is 30.7 Å². The molecule has 0 aliphatic rings. The van der Waals surface area contributed by atoms with Crippen molar-refractivity contribution in [3.8, 4) is 0 Å². The van der Waals surface area contributed by atoms with E-state index in [1.54, 1.807) is 0 Å².